The number of nitrogens with zero attached hydrogens (tertiary/aromatic N) is 1. The molecule has 0 spiro atoms. The highest BCUT2D eigenvalue weighted by molar-refractivity contribution is 5.78. The van der Waals surface area contributed by atoms with Gasteiger partial charge in [-0.3, -0.25) is 9.69 Å². The molecule has 0 saturated carbocycles. The Labute approximate surface area is 106 Å². The number of carbonyl (C=O) groups is 1. The molecular weight excluding hydrogens is 214 g/mol. The van der Waals surface area contributed by atoms with Gasteiger partial charge < -0.3 is 11.1 Å². The van der Waals surface area contributed by atoms with E-state index in [9.17, 15) is 4.79 Å². The fourth-order valence-electron chi connectivity index (χ4n) is 2.04. The molecule has 1 atom stereocenters. The zero-order valence-corrected chi connectivity index (χ0v) is 12.0. The first-order valence-electron chi connectivity index (χ1n) is 6.66. The van der Waals surface area contributed by atoms with Crippen molar-refractivity contribution in [1.29, 1.82) is 0 Å². The summed E-state index contributed by atoms with van der Waals surface area (Å²) < 4.78 is 0. The monoisotopic (exact) mass is 243 g/mol. The van der Waals surface area contributed by atoms with E-state index in [1.54, 1.807) is 0 Å². The largest absolute Gasteiger partial charge is 0.353 e. The number of hydrogen-bond acceptors (Lipinski definition) is 3. The van der Waals surface area contributed by atoms with Gasteiger partial charge in [0.15, 0.2) is 0 Å². The van der Waals surface area contributed by atoms with Crippen LogP contribution >= 0.6 is 0 Å². The normalized spacial score (nSPS) is 13.8. The van der Waals surface area contributed by atoms with Gasteiger partial charge in [0.25, 0.3) is 0 Å². The van der Waals surface area contributed by atoms with Crippen LogP contribution in [-0.2, 0) is 4.79 Å². The van der Waals surface area contributed by atoms with Crippen molar-refractivity contribution in [3.63, 3.8) is 0 Å². The minimum absolute atomic E-state index is 0.0488. The van der Waals surface area contributed by atoms with Gasteiger partial charge in [-0.05, 0) is 33.2 Å². The van der Waals surface area contributed by atoms with Crippen LogP contribution in [-0.4, -0.2) is 42.5 Å². The molecule has 0 aromatic carbocycles. The second kappa shape index (κ2) is 7.67. The first-order chi connectivity index (χ1) is 7.95. The molecule has 1 unspecified atom stereocenters. The van der Waals surface area contributed by atoms with Gasteiger partial charge in [0.1, 0.15) is 0 Å². The Balaban J connectivity index is 4.40. The maximum atomic E-state index is 11.8. The fourth-order valence-corrected chi connectivity index (χ4v) is 2.04. The van der Waals surface area contributed by atoms with Gasteiger partial charge in [-0.25, -0.2) is 0 Å². The second-order valence-electron chi connectivity index (χ2n) is 4.87. The Morgan fingerprint density at radius 3 is 2.24 bits per heavy atom. The number of amides is 1. The molecule has 3 N–H and O–H groups in total. The first kappa shape index (κ1) is 16.4. The fraction of sp³-hybridized carbons (Fsp3) is 0.923. The summed E-state index contributed by atoms with van der Waals surface area (Å²) in [7, 11) is 1.98. The Morgan fingerprint density at radius 2 is 1.88 bits per heavy atom. The molecule has 0 saturated heterocycles. The first-order valence-corrected chi connectivity index (χ1v) is 6.66. The third-order valence-electron chi connectivity index (χ3n) is 3.91. The van der Waals surface area contributed by atoms with Gasteiger partial charge >= 0.3 is 0 Å². The topological polar surface area (TPSA) is 58.4 Å². The van der Waals surface area contributed by atoms with Gasteiger partial charge in [0.2, 0.25) is 5.91 Å². The van der Waals surface area contributed by atoms with Gasteiger partial charge in [-0.2, -0.15) is 0 Å². The Kier molecular flexibility index (Phi) is 7.39. The summed E-state index contributed by atoms with van der Waals surface area (Å²) >= 11 is 0. The quantitative estimate of drug-likeness (QED) is 0.676. The van der Waals surface area contributed by atoms with Crippen molar-refractivity contribution in [2.45, 2.75) is 58.5 Å². The van der Waals surface area contributed by atoms with Crippen LogP contribution in [0.15, 0.2) is 0 Å². The summed E-state index contributed by atoms with van der Waals surface area (Å²) in [6, 6.07) is 0.242. The van der Waals surface area contributed by atoms with Crippen molar-refractivity contribution >= 4 is 5.91 Å². The van der Waals surface area contributed by atoms with Gasteiger partial charge in [-0.1, -0.05) is 20.8 Å². The van der Waals surface area contributed by atoms with Crippen LogP contribution in [0.25, 0.3) is 0 Å². The second-order valence-corrected chi connectivity index (χ2v) is 4.87. The lowest BCUT2D eigenvalue weighted by molar-refractivity contribution is -0.124. The van der Waals surface area contributed by atoms with Crippen LogP contribution in [0.3, 0.4) is 0 Å². The van der Waals surface area contributed by atoms with Crippen LogP contribution in [0, 0.1) is 0 Å². The average Bonchev–Trinajstić information content (AvgIpc) is 2.31. The average molecular weight is 243 g/mol. The minimum atomic E-state index is -0.0488. The summed E-state index contributed by atoms with van der Waals surface area (Å²) in [4.78, 5) is 13.9. The molecule has 0 fully saturated rings. The van der Waals surface area contributed by atoms with Crippen molar-refractivity contribution in [3.8, 4) is 0 Å². The molecular formula is C13H29N3O. The zero-order valence-electron chi connectivity index (χ0n) is 12.0. The van der Waals surface area contributed by atoms with E-state index in [1.165, 1.54) is 0 Å². The Morgan fingerprint density at radius 1 is 1.35 bits per heavy atom. The smallest absolute Gasteiger partial charge is 0.234 e. The van der Waals surface area contributed by atoms with Crippen molar-refractivity contribution < 1.29 is 4.79 Å². The highest BCUT2D eigenvalue weighted by atomic mass is 16.2. The van der Waals surface area contributed by atoms with Crippen LogP contribution in [0.5, 0.6) is 0 Å². The molecule has 0 bridgehead atoms. The van der Waals surface area contributed by atoms with Gasteiger partial charge in [0, 0.05) is 18.1 Å². The molecule has 0 aliphatic carbocycles. The van der Waals surface area contributed by atoms with Gasteiger partial charge in [0.05, 0.1) is 6.54 Å². The highest BCUT2D eigenvalue weighted by Gasteiger charge is 2.30. The summed E-state index contributed by atoms with van der Waals surface area (Å²) in [5.74, 6) is 0.0848. The molecule has 4 nitrogen and oxygen atoms in total. The van der Waals surface area contributed by atoms with E-state index >= 15 is 0 Å². The molecule has 4 heteroatoms. The summed E-state index contributed by atoms with van der Waals surface area (Å²) in [5, 5.41) is 2.98. The lowest BCUT2D eigenvalue weighted by Gasteiger charge is -2.39. The molecule has 102 valence electrons. The van der Waals surface area contributed by atoms with Crippen LogP contribution in [0.1, 0.15) is 47.0 Å². The van der Waals surface area contributed by atoms with E-state index in [0.717, 1.165) is 19.3 Å². The number of nitrogens with two attached hydrogens (primary N) is 1. The van der Waals surface area contributed by atoms with Crippen molar-refractivity contribution in [2.75, 3.05) is 20.1 Å². The number of rotatable bonds is 8. The molecule has 0 rings (SSSR count). The molecule has 0 aliphatic heterocycles. The number of likely N-dealkylation sites (N-methyl/N-ethyl adjacent to an activating group) is 1. The summed E-state index contributed by atoms with van der Waals surface area (Å²) in [5.41, 5.74) is 5.81. The van der Waals surface area contributed by atoms with Crippen LogP contribution in [0.2, 0.25) is 0 Å². The lowest BCUT2D eigenvalue weighted by atomic mass is 9.91. The van der Waals surface area contributed by atoms with E-state index in [0.29, 0.717) is 13.1 Å². The molecule has 0 heterocycles. The number of hydrogen-bond donors (Lipinski definition) is 2. The van der Waals surface area contributed by atoms with E-state index in [2.05, 4.69) is 31.0 Å². The molecule has 1 amide bonds. The number of nitrogens with one attached hydrogen (secondary N) is 1. The maximum absolute atomic E-state index is 11.8. The van der Waals surface area contributed by atoms with Crippen molar-refractivity contribution in [2.24, 2.45) is 5.73 Å². The standard InChI is InChI=1S/C13H29N3O/c1-6-11(4)15-12(17)9-16(5)13(7-2,8-3)10-14/h11H,6-10,14H2,1-5H3,(H,15,17). The van der Waals surface area contributed by atoms with E-state index in [4.69, 9.17) is 5.73 Å². The molecule has 0 aliphatic rings. The molecule has 0 radical (unpaired) electrons. The Hall–Kier alpha value is -0.610. The van der Waals surface area contributed by atoms with E-state index < -0.39 is 0 Å². The predicted octanol–water partition coefficient (Wildman–Crippen LogP) is 1.35. The van der Waals surface area contributed by atoms with E-state index in [-0.39, 0.29) is 17.5 Å². The maximum Gasteiger partial charge on any atom is 0.234 e. The summed E-state index contributed by atoms with van der Waals surface area (Å²) in [6.45, 7) is 9.35. The minimum Gasteiger partial charge on any atom is -0.353 e. The molecule has 0 aromatic heterocycles. The predicted molar refractivity (Wildman–Crippen MR) is 72.9 cm³/mol. The highest BCUT2D eigenvalue weighted by Crippen LogP contribution is 2.20. The Bertz CT molecular complexity index is 218. The van der Waals surface area contributed by atoms with Crippen LogP contribution in [0.4, 0.5) is 0 Å². The number of carbonyl (C=O) groups excluding carboxylic acids is 1. The summed E-state index contributed by atoms with van der Waals surface area (Å²) in [6.07, 6.45) is 2.89. The molecule has 0 aromatic rings. The zero-order chi connectivity index (χ0) is 13.5. The lowest BCUT2D eigenvalue weighted by Crippen LogP contribution is -2.54. The molecule has 17 heavy (non-hydrogen) atoms. The van der Waals surface area contributed by atoms with Gasteiger partial charge in [-0.15, -0.1) is 0 Å². The van der Waals surface area contributed by atoms with Crippen LogP contribution < -0.4 is 11.1 Å². The third kappa shape index (κ3) is 4.64. The van der Waals surface area contributed by atoms with Crippen molar-refractivity contribution in [3.05, 3.63) is 0 Å². The SMILES string of the molecule is CCC(C)NC(=O)CN(C)C(CC)(CC)CN. The third-order valence-corrected chi connectivity index (χ3v) is 3.91. The van der Waals surface area contributed by atoms with E-state index in [1.807, 2.05) is 14.0 Å². The van der Waals surface area contributed by atoms with Crippen molar-refractivity contribution in [1.82, 2.24) is 10.2 Å².